The number of nitrogens with zero attached hydrogens (tertiary/aromatic N) is 1. The Hall–Kier alpha value is -1.06. The Morgan fingerprint density at radius 1 is 1.47 bits per heavy atom. The van der Waals surface area contributed by atoms with Gasteiger partial charge in [0.15, 0.2) is 0 Å². The first-order valence-electron chi connectivity index (χ1n) is 6.76. The van der Waals surface area contributed by atoms with Gasteiger partial charge in [0.2, 0.25) is 0 Å². The Balaban J connectivity index is 2.05. The van der Waals surface area contributed by atoms with Crippen LogP contribution in [-0.4, -0.2) is 30.1 Å². The molecule has 0 radical (unpaired) electrons. The van der Waals surface area contributed by atoms with Gasteiger partial charge < -0.3 is 4.74 Å². The van der Waals surface area contributed by atoms with Gasteiger partial charge >= 0.3 is 5.97 Å². The lowest BCUT2D eigenvalue weighted by atomic mass is 10.0. The summed E-state index contributed by atoms with van der Waals surface area (Å²) < 4.78 is 5.21. The monoisotopic (exact) mass is 281 g/mol. The summed E-state index contributed by atoms with van der Waals surface area (Å²) in [6.45, 7) is 5.00. The van der Waals surface area contributed by atoms with Crippen LogP contribution in [0.1, 0.15) is 38.3 Å². The third-order valence-corrected chi connectivity index (χ3v) is 3.67. The molecule has 3 nitrogen and oxygen atoms in total. The number of carbonyl (C=O) groups is 1. The van der Waals surface area contributed by atoms with Crippen LogP contribution in [-0.2, 0) is 9.53 Å². The Bertz CT molecular complexity index is 448. The van der Waals surface area contributed by atoms with Crippen molar-refractivity contribution in [3.63, 3.8) is 0 Å². The van der Waals surface area contributed by atoms with Crippen LogP contribution < -0.4 is 0 Å². The van der Waals surface area contributed by atoms with Gasteiger partial charge in [-0.15, -0.1) is 0 Å². The minimum absolute atomic E-state index is 0.0612. The normalized spacial score (nSPS) is 19.9. The van der Waals surface area contributed by atoms with Crippen LogP contribution in [0.4, 0.5) is 0 Å². The van der Waals surface area contributed by atoms with Gasteiger partial charge in [-0.05, 0) is 44.9 Å². The van der Waals surface area contributed by atoms with Crippen LogP contribution in [0.3, 0.4) is 0 Å². The summed E-state index contributed by atoms with van der Waals surface area (Å²) >= 11 is 6.25. The van der Waals surface area contributed by atoms with Gasteiger partial charge in [-0.1, -0.05) is 29.8 Å². The van der Waals surface area contributed by atoms with E-state index in [1.54, 1.807) is 0 Å². The van der Waals surface area contributed by atoms with Gasteiger partial charge in [0.05, 0.1) is 12.6 Å². The van der Waals surface area contributed by atoms with E-state index in [0.717, 1.165) is 30.0 Å². The van der Waals surface area contributed by atoms with Crippen LogP contribution in [0.15, 0.2) is 24.3 Å². The summed E-state index contributed by atoms with van der Waals surface area (Å²) in [5.74, 6) is -0.158. The maximum atomic E-state index is 11.8. The zero-order valence-corrected chi connectivity index (χ0v) is 12.2. The van der Waals surface area contributed by atoms with Crippen LogP contribution in [0, 0.1) is 0 Å². The number of hydrogen-bond acceptors (Lipinski definition) is 3. The van der Waals surface area contributed by atoms with Crippen LogP contribution >= 0.6 is 11.6 Å². The average molecular weight is 282 g/mol. The topological polar surface area (TPSA) is 29.5 Å². The molecule has 0 bridgehead atoms. The first kappa shape index (κ1) is 14.4. The fraction of sp³-hybridized carbons (Fsp3) is 0.533. The highest BCUT2D eigenvalue weighted by Gasteiger charge is 2.29. The molecule has 0 aromatic heterocycles. The number of carbonyl (C=O) groups excluding carboxylic acids is 1. The molecule has 1 aromatic rings. The van der Waals surface area contributed by atoms with Crippen molar-refractivity contribution in [2.24, 2.45) is 0 Å². The van der Waals surface area contributed by atoms with Crippen molar-refractivity contribution in [2.45, 2.75) is 38.8 Å². The van der Waals surface area contributed by atoms with Crippen molar-refractivity contribution < 1.29 is 9.53 Å². The standard InChI is InChI=1S/C15H20ClNO2/c1-11(2)19-15(18)10-17-9-5-8-14(17)12-6-3-4-7-13(12)16/h3-4,6-7,11,14H,5,8-10H2,1-2H3/t14-/m1/s1. The van der Waals surface area contributed by atoms with E-state index >= 15 is 0 Å². The minimum atomic E-state index is -0.158. The minimum Gasteiger partial charge on any atom is -0.462 e. The molecular weight excluding hydrogens is 262 g/mol. The van der Waals surface area contributed by atoms with E-state index in [1.165, 1.54) is 0 Å². The number of halogens is 1. The molecular formula is C15H20ClNO2. The second-order valence-corrected chi connectivity index (χ2v) is 5.60. The molecule has 0 amide bonds. The number of rotatable bonds is 4. The number of esters is 1. The Morgan fingerprint density at radius 3 is 2.89 bits per heavy atom. The lowest BCUT2D eigenvalue weighted by molar-refractivity contribution is -0.148. The number of ether oxygens (including phenoxy) is 1. The van der Waals surface area contributed by atoms with Crippen molar-refractivity contribution in [3.05, 3.63) is 34.9 Å². The van der Waals surface area contributed by atoms with E-state index in [9.17, 15) is 4.79 Å². The van der Waals surface area contributed by atoms with E-state index in [-0.39, 0.29) is 18.1 Å². The van der Waals surface area contributed by atoms with Crippen LogP contribution in [0.5, 0.6) is 0 Å². The molecule has 4 heteroatoms. The van der Waals surface area contributed by atoms with E-state index < -0.39 is 0 Å². The van der Waals surface area contributed by atoms with Crippen molar-refractivity contribution in [2.75, 3.05) is 13.1 Å². The highest BCUT2D eigenvalue weighted by Crippen LogP contribution is 2.35. The third-order valence-electron chi connectivity index (χ3n) is 3.33. The molecule has 1 aliphatic rings. The molecule has 0 saturated carbocycles. The van der Waals surface area contributed by atoms with Gasteiger partial charge in [0.1, 0.15) is 0 Å². The third kappa shape index (κ3) is 3.71. The molecule has 104 valence electrons. The molecule has 1 heterocycles. The van der Waals surface area contributed by atoms with Gasteiger partial charge in [0, 0.05) is 11.1 Å². The van der Waals surface area contributed by atoms with Gasteiger partial charge in [-0.3, -0.25) is 9.69 Å². The largest absolute Gasteiger partial charge is 0.462 e. The Morgan fingerprint density at radius 2 is 2.21 bits per heavy atom. The van der Waals surface area contributed by atoms with Gasteiger partial charge in [0.25, 0.3) is 0 Å². The lowest BCUT2D eigenvalue weighted by Crippen LogP contribution is -2.31. The molecule has 1 aromatic carbocycles. The molecule has 1 saturated heterocycles. The average Bonchev–Trinajstić information content (AvgIpc) is 2.76. The van der Waals surface area contributed by atoms with E-state index in [2.05, 4.69) is 4.90 Å². The van der Waals surface area contributed by atoms with Crippen LogP contribution in [0.25, 0.3) is 0 Å². The SMILES string of the molecule is CC(C)OC(=O)CN1CCC[C@@H]1c1ccccc1Cl. The first-order valence-corrected chi connectivity index (χ1v) is 7.13. The van der Waals surface area contributed by atoms with Crippen LogP contribution in [0.2, 0.25) is 5.02 Å². The highest BCUT2D eigenvalue weighted by atomic mass is 35.5. The van der Waals surface area contributed by atoms with E-state index in [4.69, 9.17) is 16.3 Å². The molecule has 2 rings (SSSR count). The number of benzene rings is 1. The lowest BCUT2D eigenvalue weighted by Gasteiger charge is -2.25. The molecule has 0 aliphatic carbocycles. The van der Waals surface area contributed by atoms with E-state index in [0.29, 0.717) is 6.54 Å². The highest BCUT2D eigenvalue weighted by molar-refractivity contribution is 6.31. The summed E-state index contributed by atoms with van der Waals surface area (Å²) in [5, 5.41) is 0.775. The van der Waals surface area contributed by atoms with Gasteiger partial charge in [-0.2, -0.15) is 0 Å². The number of hydrogen-bond donors (Lipinski definition) is 0. The zero-order chi connectivity index (χ0) is 13.8. The van der Waals surface area contributed by atoms with Crippen molar-refractivity contribution in [1.29, 1.82) is 0 Å². The first-order chi connectivity index (χ1) is 9.08. The molecule has 1 aliphatic heterocycles. The Kier molecular flexibility index (Phi) is 4.83. The predicted molar refractivity (Wildman–Crippen MR) is 76.2 cm³/mol. The molecule has 0 unspecified atom stereocenters. The number of likely N-dealkylation sites (tertiary alicyclic amines) is 1. The van der Waals surface area contributed by atoms with Crippen molar-refractivity contribution in [3.8, 4) is 0 Å². The molecule has 19 heavy (non-hydrogen) atoms. The maximum absolute atomic E-state index is 11.8. The fourth-order valence-electron chi connectivity index (χ4n) is 2.58. The molecule has 1 fully saturated rings. The zero-order valence-electron chi connectivity index (χ0n) is 11.4. The molecule has 1 atom stereocenters. The quantitative estimate of drug-likeness (QED) is 0.792. The molecule has 0 N–H and O–H groups in total. The summed E-state index contributed by atoms with van der Waals surface area (Å²) in [6, 6.07) is 8.09. The summed E-state index contributed by atoms with van der Waals surface area (Å²) in [5.41, 5.74) is 1.11. The fourth-order valence-corrected chi connectivity index (χ4v) is 2.84. The van der Waals surface area contributed by atoms with Gasteiger partial charge in [-0.25, -0.2) is 0 Å². The summed E-state index contributed by atoms with van der Waals surface area (Å²) in [4.78, 5) is 13.9. The second kappa shape index (κ2) is 6.40. The van der Waals surface area contributed by atoms with E-state index in [1.807, 2.05) is 38.1 Å². The van der Waals surface area contributed by atoms with Crippen molar-refractivity contribution >= 4 is 17.6 Å². The molecule has 0 spiro atoms. The second-order valence-electron chi connectivity index (χ2n) is 5.19. The smallest absolute Gasteiger partial charge is 0.320 e. The Labute approximate surface area is 119 Å². The maximum Gasteiger partial charge on any atom is 0.320 e. The summed E-state index contributed by atoms with van der Waals surface area (Å²) in [6.07, 6.45) is 2.07. The predicted octanol–water partition coefficient (Wildman–Crippen LogP) is 3.43. The summed E-state index contributed by atoms with van der Waals surface area (Å²) in [7, 11) is 0. The van der Waals surface area contributed by atoms with Crippen molar-refractivity contribution in [1.82, 2.24) is 4.90 Å².